The van der Waals surface area contributed by atoms with Gasteiger partial charge in [-0.25, -0.2) is 4.39 Å². The summed E-state index contributed by atoms with van der Waals surface area (Å²) in [7, 11) is 0. The van der Waals surface area contributed by atoms with Crippen molar-refractivity contribution in [3.63, 3.8) is 0 Å². The lowest BCUT2D eigenvalue weighted by atomic mass is 9.99. The number of amides is 1. The minimum Gasteiger partial charge on any atom is -0.506 e. The molecule has 0 saturated carbocycles. The van der Waals surface area contributed by atoms with Gasteiger partial charge in [-0.1, -0.05) is 30.3 Å². The number of halogens is 1. The fourth-order valence-electron chi connectivity index (χ4n) is 3.12. The molecule has 0 bridgehead atoms. The van der Waals surface area contributed by atoms with Crippen LogP contribution >= 0.6 is 0 Å². The smallest absolute Gasteiger partial charge is 0.246 e. The van der Waals surface area contributed by atoms with E-state index < -0.39 is 11.9 Å². The molecule has 1 fully saturated rings. The zero-order valence-corrected chi connectivity index (χ0v) is 13.7. The van der Waals surface area contributed by atoms with Crippen molar-refractivity contribution in [2.24, 2.45) is 0 Å². The van der Waals surface area contributed by atoms with Gasteiger partial charge in [0.15, 0.2) is 0 Å². The molecular formula is C19H21FN2O3. The van der Waals surface area contributed by atoms with Crippen LogP contribution in [0.25, 0.3) is 0 Å². The monoisotopic (exact) mass is 344 g/mol. The maximum atomic E-state index is 13.4. The van der Waals surface area contributed by atoms with Gasteiger partial charge in [0.2, 0.25) is 5.91 Å². The van der Waals surface area contributed by atoms with Crippen molar-refractivity contribution in [3.8, 4) is 5.75 Å². The molecule has 6 heteroatoms. The highest BCUT2D eigenvalue weighted by Crippen LogP contribution is 2.29. The van der Waals surface area contributed by atoms with Crippen molar-refractivity contribution in [1.29, 1.82) is 0 Å². The van der Waals surface area contributed by atoms with E-state index in [2.05, 4.69) is 5.32 Å². The zero-order chi connectivity index (χ0) is 17.8. The maximum Gasteiger partial charge on any atom is 0.246 e. The van der Waals surface area contributed by atoms with E-state index in [9.17, 15) is 19.4 Å². The molecule has 3 N–H and O–H groups in total. The summed E-state index contributed by atoms with van der Waals surface area (Å²) in [5, 5.41) is 22.2. The van der Waals surface area contributed by atoms with E-state index in [4.69, 9.17) is 0 Å². The number of likely N-dealkylation sites (tertiary alicyclic amines) is 1. The van der Waals surface area contributed by atoms with Crippen LogP contribution in [-0.2, 0) is 4.79 Å². The Balaban J connectivity index is 1.86. The van der Waals surface area contributed by atoms with Gasteiger partial charge in [-0.2, -0.15) is 0 Å². The lowest BCUT2D eigenvalue weighted by molar-refractivity contribution is -0.122. The second-order valence-electron chi connectivity index (χ2n) is 6.23. The fourth-order valence-corrected chi connectivity index (χ4v) is 3.12. The van der Waals surface area contributed by atoms with Crippen molar-refractivity contribution in [2.45, 2.75) is 25.0 Å². The average Bonchev–Trinajstić information content (AvgIpc) is 2.61. The molecule has 0 spiro atoms. The lowest BCUT2D eigenvalue weighted by Gasteiger charge is -2.35. The van der Waals surface area contributed by atoms with Crippen LogP contribution in [0.4, 0.5) is 10.1 Å². The molecule has 0 radical (unpaired) electrons. The summed E-state index contributed by atoms with van der Waals surface area (Å²) in [5.74, 6) is -1.07. The molecular weight excluding hydrogens is 323 g/mol. The summed E-state index contributed by atoms with van der Waals surface area (Å²) in [5.41, 5.74) is 0.857. The third kappa shape index (κ3) is 4.15. The van der Waals surface area contributed by atoms with Gasteiger partial charge in [0.25, 0.3) is 0 Å². The van der Waals surface area contributed by atoms with Crippen LogP contribution < -0.4 is 5.32 Å². The van der Waals surface area contributed by atoms with Gasteiger partial charge < -0.3 is 15.5 Å². The van der Waals surface area contributed by atoms with Gasteiger partial charge in [0.05, 0.1) is 11.8 Å². The Bertz CT molecular complexity index is 731. The number of hydrogen-bond acceptors (Lipinski definition) is 4. The second-order valence-corrected chi connectivity index (χ2v) is 6.23. The number of carbonyl (C=O) groups excluding carboxylic acids is 1. The highest BCUT2D eigenvalue weighted by molar-refractivity contribution is 5.96. The molecule has 5 nitrogen and oxygen atoms in total. The van der Waals surface area contributed by atoms with Crippen molar-refractivity contribution in [3.05, 3.63) is 59.9 Å². The highest BCUT2D eigenvalue weighted by atomic mass is 19.1. The molecule has 0 unspecified atom stereocenters. The first kappa shape index (κ1) is 17.4. The Labute approximate surface area is 145 Å². The molecule has 25 heavy (non-hydrogen) atoms. The number of rotatable bonds is 4. The first-order valence-corrected chi connectivity index (χ1v) is 8.31. The number of hydrogen-bond donors (Lipinski definition) is 3. The third-order valence-electron chi connectivity index (χ3n) is 4.44. The predicted molar refractivity (Wildman–Crippen MR) is 92.7 cm³/mol. The molecule has 1 amide bonds. The number of aliphatic hydroxyl groups excluding tert-OH is 1. The first-order valence-electron chi connectivity index (χ1n) is 8.31. The number of phenols is 1. The number of aliphatic hydroxyl groups is 1. The predicted octanol–water partition coefficient (Wildman–Crippen LogP) is 2.67. The number of nitrogens with one attached hydrogen (secondary N) is 1. The number of aromatic hydroxyl groups is 1. The number of anilines is 1. The molecule has 3 rings (SSSR count). The van der Waals surface area contributed by atoms with E-state index in [0.29, 0.717) is 25.9 Å². The molecule has 1 saturated heterocycles. The first-order chi connectivity index (χ1) is 12.0. The van der Waals surface area contributed by atoms with Crippen LogP contribution in [0.3, 0.4) is 0 Å². The van der Waals surface area contributed by atoms with E-state index in [0.717, 1.165) is 17.7 Å². The Morgan fingerprint density at radius 3 is 2.52 bits per heavy atom. The van der Waals surface area contributed by atoms with Gasteiger partial charge in [-0.15, -0.1) is 0 Å². The van der Waals surface area contributed by atoms with E-state index in [-0.39, 0.29) is 23.4 Å². The van der Waals surface area contributed by atoms with Crippen molar-refractivity contribution < 1.29 is 19.4 Å². The van der Waals surface area contributed by atoms with E-state index in [1.54, 1.807) is 0 Å². The number of phenolic OH excluding ortho intramolecular Hbond substituents is 1. The number of nitrogens with zero attached hydrogens (tertiary/aromatic N) is 1. The summed E-state index contributed by atoms with van der Waals surface area (Å²) >= 11 is 0. The molecule has 2 aromatic rings. The minimum absolute atomic E-state index is 0.0444. The van der Waals surface area contributed by atoms with Gasteiger partial charge >= 0.3 is 0 Å². The zero-order valence-electron chi connectivity index (χ0n) is 13.7. The van der Waals surface area contributed by atoms with Crippen LogP contribution in [0.15, 0.2) is 48.5 Å². The minimum atomic E-state index is -0.573. The van der Waals surface area contributed by atoms with Crippen molar-refractivity contribution >= 4 is 11.6 Å². The Morgan fingerprint density at radius 1 is 1.16 bits per heavy atom. The molecule has 1 heterocycles. The van der Waals surface area contributed by atoms with Gasteiger partial charge in [-0.3, -0.25) is 9.69 Å². The van der Waals surface area contributed by atoms with E-state index >= 15 is 0 Å². The largest absolute Gasteiger partial charge is 0.506 e. The van der Waals surface area contributed by atoms with E-state index in [1.165, 1.54) is 6.07 Å². The van der Waals surface area contributed by atoms with Crippen LogP contribution in [0.2, 0.25) is 0 Å². The molecule has 1 aliphatic heterocycles. The third-order valence-corrected chi connectivity index (χ3v) is 4.44. The second kappa shape index (κ2) is 7.63. The quantitative estimate of drug-likeness (QED) is 0.746. The lowest BCUT2D eigenvalue weighted by Crippen LogP contribution is -2.43. The molecule has 2 aromatic carbocycles. The van der Waals surface area contributed by atoms with E-state index in [1.807, 2.05) is 35.2 Å². The Morgan fingerprint density at radius 2 is 1.84 bits per heavy atom. The van der Waals surface area contributed by atoms with Crippen LogP contribution in [0.5, 0.6) is 5.75 Å². The summed E-state index contributed by atoms with van der Waals surface area (Å²) in [6.45, 7) is 1.17. The number of carbonyl (C=O) groups is 1. The highest BCUT2D eigenvalue weighted by Gasteiger charge is 2.31. The van der Waals surface area contributed by atoms with Gasteiger partial charge in [0.1, 0.15) is 17.6 Å². The van der Waals surface area contributed by atoms with Crippen LogP contribution in [0, 0.1) is 5.82 Å². The van der Waals surface area contributed by atoms with Crippen molar-refractivity contribution in [2.75, 3.05) is 18.4 Å². The molecule has 0 aliphatic carbocycles. The Hall–Kier alpha value is -2.44. The number of piperidine rings is 1. The molecule has 132 valence electrons. The topological polar surface area (TPSA) is 72.8 Å². The van der Waals surface area contributed by atoms with Crippen LogP contribution in [-0.4, -0.2) is 40.2 Å². The number of benzene rings is 2. The Kier molecular flexibility index (Phi) is 5.31. The van der Waals surface area contributed by atoms with Gasteiger partial charge in [0, 0.05) is 19.2 Å². The van der Waals surface area contributed by atoms with Crippen molar-refractivity contribution in [1.82, 2.24) is 4.90 Å². The van der Waals surface area contributed by atoms with Crippen LogP contribution in [0.1, 0.15) is 24.4 Å². The standard InChI is InChI=1S/C19H21FN2O3/c20-14-6-7-17(24)16(12-14)21-19(25)18(13-4-2-1-3-5-13)22-10-8-15(23)9-11-22/h1-7,12,15,18,23-24H,8-11H2,(H,21,25)/t18-/m1/s1. The SMILES string of the molecule is O=C(Nc1cc(F)ccc1O)[C@@H](c1ccccc1)N1CCC(O)CC1. The normalized spacial score (nSPS) is 17.2. The maximum absolute atomic E-state index is 13.4. The molecule has 1 aliphatic rings. The fraction of sp³-hybridized carbons (Fsp3) is 0.316. The average molecular weight is 344 g/mol. The summed E-state index contributed by atoms with van der Waals surface area (Å²) in [6.07, 6.45) is 0.854. The molecule has 0 aromatic heterocycles. The summed E-state index contributed by atoms with van der Waals surface area (Å²) in [6, 6.07) is 12.2. The summed E-state index contributed by atoms with van der Waals surface area (Å²) in [4.78, 5) is 14.9. The van der Waals surface area contributed by atoms with Gasteiger partial charge in [-0.05, 0) is 30.5 Å². The summed E-state index contributed by atoms with van der Waals surface area (Å²) < 4.78 is 13.4. The molecule has 1 atom stereocenters.